The Balaban J connectivity index is 1.72. The number of hydrogen-bond donors (Lipinski definition) is 1. The number of benzene rings is 1. The van der Waals surface area contributed by atoms with Gasteiger partial charge in [0.2, 0.25) is 5.91 Å². The van der Waals surface area contributed by atoms with Crippen LogP contribution in [0.3, 0.4) is 0 Å². The summed E-state index contributed by atoms with van der Waals surface area (Å²) in [5.74, 6) is -0.144. The number of anilines is 1. The van der Waals surface area contributed by atoms with Gasteiger partial charge in [0, 0.05) is 16.7 Å². The number of carbonyl (C=O) groups is 2. The lowest BCUT2D eigenvalue weighted by atomic mass is 10.2. The Morgan fingerprint density at radius 3 is 2.86 bits per heavy atom. The average molecular weight is 363 g/mol. The molecule has 0 spiro atoms. The smallest absolute Gasteiger partial charge is 0.290 e. The van der Waals surface area contributed by atoms with Gasteiger partial charge in [0.25, 0.3) is 5.91 Å². The first-order valence-corrected chi connectivity index (χ1v) is 7.85. The molecule has 2 amide bonds. The topological polar surface area (TPSA) is 62.6 Å². The van der Waals surface area contributed by atoms with Crippen LogP contribution in [0.1, 0.15) is 23.4 Å². The van der Waals surface area contributed by atoms with Crippen molar-refractivity contribution in [1.29, 1.82) is 0 Å². The van der Waals surface area contributed by atoms with E-state index < -0.39 is 6.04 Å². The van der Waals surface area contributed by atoms with Crippen molar-refractivity contribution in [2.45, 2.75) is 18.9 Å². The molecule has 0 saturated carbocycles. The van der Waals surface area contributed by atoms with E-state index in [4.69, 9.17) is 4.42 Å². The van der Waals surface area contributed by atoms with Gasteiger partial charge >= 0.3 is 0 Å². The van der Waals surface area contributed by atoms with E-state index in [2.05, 4.69) is 21.2 Å². The number of carbonyl (C=O) groups excluding carboxylic acids is 2. The summed E-state index contributed by atoms with van der Waals surface area (Å²) in [7, 11) is 0. The fourth-order valence-electron chi connectivity index (χ4n) is 2.62. The number of amides is 2. The minimum Gasteiger partial charge on any atom is -0.459 e. The van der Waals surface area contributed by atoms with Crippen molar-refractivity contribution in [2.75, 3.05) is 11.9 Å². The van der Waals surface area contributed by atoms with Crippen LogP contribution in [-0.4, -0.2) is 29.3 Å². The van der Waals surface area contributed by atoms with Crippen molar-refractivity contribution in [2.24, 2.45) is 0 Å². The molecule has 114 valence electrons. The van der Waals surface area contributed by atoms with Crippen LogP contribution in [-0.2, 0) is 4.79 Å². The van der Waals surface area contributed by atoms with Crippen molar-refractivity contribution in [3.8, 4) is 0 Å². The zero-order chi connectivity index (χ0) is 15.5. The highest BCUT2D eigenvalue weighted by atomic mass is 79.9. The minimum atomic E-state index is -0.461. The third kappa shape index (κ3) is 3.06. The molecule has 0 radical (unpaired) electrons. The van der Waals surface area contributed by atoms with Gasteiger partial charge in [-0.15, -0.1) is 0 Å². The second-order valence-corrected chi connectivity index (χ2v) is 6.05. The van der Waals surface area contributed by atoms with E-state index in [0.29, 0.717) is 18.7 Å². The summed E-state index contributed by atoms with van der Waals surface area (Å²) in [5, 5.41) is 2.86. The number of nitrogens with one attached hydrogen (secondary N) is 1. The van der Waals surface area contributed by atoms with Crippen LogP contribution in [0.2, 0.25) is 0 Å². The molecule has 1 N–H and O–H groups in total. The standard InChI is InChI=1S/C16H15BrN2O3/c17-11-4-1-5-12(10-11)18-15(20)13-6-2-8-19(13)16(21)14-7-3-9-22-14/h1,3-5,7,9-10,13H,2,6,8H2,(H,18,20). The molecule has 22 heavy (non-hydrogen) atoms. The molecule has 1 aliphatic rings. The first-order chi connectivity index (χ1) is 10.6. The lowest BCUT2D eigenvalue weighted by Gasteiger charge is -2.23. The molecule has 3 rings (SSSR count). The summed E-state index contributed by atoms with van der Waals surface area (Å²) in [6.45, 7) is 0.566. The van der Waals surface area contributed by atoms with Crippen LogP contribution in [0.15, 0.2) is 51.6 Å². The maximum atomic E-state index is 12.5. The molecule has 1 fully saturated rings. The van der Waals surface area contributed by atoms with Gasteiger partial charge in [0.1, 0.15) is 6.04 Å². The zero-order valence-electron chi connectivity index (χ0n) is 11.8. The molecule has 6 heteroatoms. The van der Waals surface area contributed by atoms with Crippen LogP contribution >= 0.6 is 15.9 Å². The second-order valence-electron chi connectivity index (χ2n) is 5.13. The summed E-state index contributed by atoms with van der Waals surface area (Å²) < 4.78 is 6.03. The Hall–Kier alpha value is -2.08. The first-order valence-electron chi connectivity index (χ1n) is 7.06. The van der Waals surface area contributed by atoms with Gasteiger partial charge in [-0.2, -0.15) is 0 Å². The van der Waals surface area contributed by atoms with Crippen LogP contribution in [0.5, 0.6) is 0 Å². The normalized spacial score (nSPS) is 17.5. The predicted octanol–water partition coefficient (Wildman–Crippen LogP) is 3.29. The van der Waals surface area contributed by atoms with E-state index in [9.17, 15) is 9.59 Å². The zero-order valence-corrected chi connectivity index (χ0v) is 13.4. The monoisotopic (exact) mass is 362 g/mol. The lowest BCUT2D eigenvalue weighted by molar-refractivity contribution is -0.119. The molecule has 1 aromatic heterocycles. The molecule has 2 heterocycles. The number of halogens is 1. The van der Waals surface area contributed by atoms with E-state index >= 15 is 0 Å². The van der Waals surface area contributed by atoms with Crippen molar-refractivity contribution >= 4 is 33.4 Å². The highest BCUT2D eigenvalue weighted by Crippen LogP contribution is 2.23. The SMILES string of the molecule is O=C(Nc1cccc(Br)c1)C1CCCN1C(=O)c1ccco1. The van der Waals surface area contributed by atoms with Gasteiger partial charge in [-0.3, -0.25) is 9.59 Å². The Morgan fingerprint density at radius 2 is 2.14 bits per heavy atom. The maximum absolute atomic E-state index is 12.5. The summed E-state index contributed by atoms with van der Waals surface area (Å²) >= 11 is 3.37. The molecule has 5 nitrogen and oxygen atoms in total. The lowest BCUT2D eigenvalue weighted by Crippen LogP contribution is -2.43. The van der Waals surface area contributed by atoms with Crippen LogP contribution in [0, 0.1) is 0 Å². The quantitative estimate of drug-likeness (QED) is 0.910. The molecule has 0 aliphatic carbocycles. The van der Waals surface area contributed by atoms with Gasteiger partial charge in [-0.05, 0) is 43.2 Å². The fourth-order valence-corrected chi connectivity index (χ4v) is 3.02. The number of furan rings is 1. The van der Waals surface area contributed by atoms with E-state index in [-0.39, 0.29) is 17.6 Å². The van der Waals surface area contributed by atoms with Gasteiger partial charge in [0.05, 0.1) is 6.26 Å². The Kier molecular flexibility index (Phi) is 4.29. The number of rotatable bonds is 3. The average Bonchev–Trinajstić information content (AvgIpc) is 3.18. The van der Waals surface area contributed by atoms with Gasteiger partial charge < -0.3 is 14.6 Å². The molecule has 1 saturated heterocycles. The van der Waals surface area contributed by atoms with E-state index in [0.717, 1.165) is 10.9 Å². The Bertz CT molecular complexity index is 684. The largest absolute Gasteiger partial charge is 0.459 e. The molecule has 1 aromatic carbocycles. The molecule has 2 aromatic rings. The van der Waals surface area contributed by atoms with Crippen LogP contribution in [0.4, 0.5) is 5.69 Å². The summed E-state index contributed by atoms with van der Waals surface area (Å²) in [4.78, 5) is 26.4. The van der Waals surface area contributed by atoms with Gasteiger partial charge in [0.15, 0.2) is 5.76 Å². The maximum Gasteiger partial charge on any atom is 0.290 e. The minimum absolute atomic E-state index is 0.171. The fraction of sp³-hybridized carbons (Fsp3) is 0.250. The van der Waals surface area contributed by atoms with Crippen LogP contribution < -0.4 is 5.32 Å². The molecule has 0 bridgehead atoms. The van der Waals surface area contributed by atoms with Crippen molar-refractivity contribution in [3.63, 3.8) is 0 Å². The van der Waals surface area contributed by atoms with E-state index in [1.54, 1.807) is 17.0 Å². The highest BCUT2D eigenvalue weighted by Gasteiger charge is 2.35. The highest BCUT2D eigenvalue weighted by molar-refractivity contribution is 9.10. The number of hydrogen-bond acceptors (Lipinski definition) is 3. The number of nitrogens with zero attached hydrogens (tertiary/aromatic N) is 1. The van der Waals surface area contributed by atoms with Crippen molar-refractivity contribution in [1.82, 2.24) is 4.90 Å². The molecule has 1 unspecified atom stereocenters. The van der Waals surface area contributed by atoms with E-state index in [1.807, 2.05) is 24.3 Å². The second kappa shape index (κ2) is 6.36. The summed E-state index contributed by atoms with van der Waals surface area (Å²) in [6, 6.07) is 10.2. The van der Waals surface area contributed by atoms with Gasteiger partial charge in [-0.25, -0.2) is 0 Å². The predicted molar refractivity (Wildman–Crippen MR) is 85.5 cm³/mol. The Morgan fingerprint density at radius 1 is 1.27 bits per heavy atom. The molecule has 1 aliphatic heterocycles. The molecule has 1 atom stereocenters. The third-order valence-electron chi connectivity index (χ3n) is 3.64. The van der Waals surface area contributed by atoms with E-state index in [1.165, 1.54) is 6.26 Å². The number of likely N-dealkylation sites (tertiary alicyclic amines) is 1. The third-order valence-corrected chi connectivity index (χ3v) is 4.13. The molecular weight excluding hydrogens is 348 g/mol. The van der Waals surface area contributed by atoms with Crippen molar-refractivity contribution in [3.05, 3.63) is 52.9 Å². The van der Waals surface area contributed by atoms with Gasteiger partial charge in [-0.1, -0.05) is 22.0 Å². The molecular formula is C16H15BrN2O3. The summed E-state index contributed by atoms with van der Waals surface area (Å²) in [5.41, 5.74) is 0.705. The summed E-state index contributed by atoms with van der Waals surface area (Å²) in [6.07, 6.45) is 2.93. The Labute approximate surface area is 136 Å². The first kappa shape index (κ1) is 14.8. The van der Waals surface area contributed by atoms with Crippen LogP contribution in [0.25, 0.3) is 0 Å². The van der Waals surface area contributed by atoms with Crippen molar-refractivity contribution < 1.29 is 14.0 Å².